The highest BCUT2D eigenvalue weighted by Crippen LogP contribution is 2.03. The molecule has 1 heterocycles. The van der Waals surface area contributed by atoms with E-state index in [1.54, 1.807) is 0 Å². The molecule has 1 rings (SSSR count). The summed E-state index contributed by atoms with van der Waals surface area (Å²) in [6.45, 7) is 2.86. The third-order valence-corrected chi connectivity index (χ3v) is 2.19. The first kappa shape index (κ1) is 11.9. The van der Waals surface area contributed by atoms with Gasteiger partial charge in [0.05, 0.1) is 0 Å². The quantitative estimate of drug-likeness (QED) is 0.429. The van der Waals surface area contributed by atoms with E-state index >= 15 is 0 Å². The summed E-state index contributed by atoms with van der Waals surface area (Å²) in [7, 11) is 0. The van der Waals surface area contributed by atoms with Crippen molar-refractivity contribution in [2.75, 3.05) is 26.2 Å². The number of imide groups is 1. The number of rotatable bonds is 7. The highest BCUT2D eigenvalue weighted by atomic mass is 16.2. The number of hydrogen-bond acceptors (Lipinski definition) is 4. The number of amides is 2. The van der Waals surface area contributed by atoms with Crippen LogP contribution in [0.1, 0.15) is 12.8 Å². The van der Waals surface area contributed by atoms with Gasteiger partial charge in [-0.2, -0.15) is 0 Å². The summed E-state index contributed by atoms with van der Waals surface area (Å²) >= 11 is 0. The highest BCUT2D eigenvalue weighted by molar-refractivity contribution is 6.12. The van der Waals surface area contributed by atoms with Gasteiger partial charge in [-0.15, -0.1) is 0 Å². The zero-order valence-corrected chi connectivity index (χ0v) is 8.74. The van der Waals surface area contributed by atoms with Crippen molar-refractivity contribution >= 4 is 11.8 Å². The molecule has 84 valence electrons. The van der Waals surface area contributed by atoms with E-state index in [0.717, 1.165) is 25.9 Å². The molecular weight excluding hydrogens is 194 g/mol. The van der Waals surface area contributed by atoms with Crippen LogP contribution in [0.15, 0.2) is 12.2 Å². The van der Waals surface area contributed by atoms with Gasteiger partial charge in [0, 0.05) is 18.7 Å². The molecule has 5 nitrogen and oxygen atoms in total. The number of hydrogen-bond donors (Lipinski definition) is 2. The van der Waals surface area contributed by atoms with Gasteiger partial charge in [0.15, 0.2) is 0 Å². The van der Waals surface area contributed by atoms with Gasteiger partial charge in [-0.1, -0.05) is 0 Å². The first-order valence-electron chi connectivity index (χ1n) is 5.20. The number of carbonyl (C=O) groups is 2. The van der Waals surface area contributed by atoms with Crippen molar-refractivity contribution in [3.63, 3.8) is 0 Å². The van der Waals surface area contributed by atoms with Crippen LogP contribution in [0.3, 0.4) is 0 Å². The van der Waals surface area contributed by atoms with Gasteiger partial charge in [0.2, 0.25) is 0 Å². The average molecular weight is 211 g/mol. The summed E-state index contributed by atoms with van der Waals surface area (Å²) in [6.07, 6.45) is 4.35. The van der Waals surface area contributed by atoms with Crippen LogP contribution in [0.25, 0.3) is 0 Å². The number of nitrogens with zero attached hydrogens (tertiary/aromatic N) is 1. The number of nitrogens with two attached hydrogens (primary N) is 1. The summed E-state index contributed by atoms with van der Waals surface area (Å²) in [5.41, 5.74) is 5.33. The van der Waals surface area contributed by atoms with Crippen molar-refractivity contribution in [3.05, 3.63) is 12.2 Å². The Kier molecular flexibility index (Phi) is 5.00. The molecule has 0 bridgehead atoms. The molecule has 0 aliphatic carbocycles. The molecular formula is C10H17N3O2. The van der Waals surface area contributed by atoms with E-state index in [-0.39, 0.29) is 11.8 Å². The monoisotopic (exact) mass is 211 g/mol. The molecule has 0 radical (unpaired) electrons. The van der Waals surface area contributed by atoms with Gasteiger partial charge in [-0.05, 0) is 32.5 Å². The van der Waals surface area contributed by atoms with Crippen LogP contribution in [0.5, 0.6) is 0 Å². The minimum Gasteiger partial charge on any atom is -0.330 e. The van der Waals surface area contributed by atoms with Crippen LogP contribution in [0.4, 0.5) is 0 Å². The number of carbonyl (C=O) groups excluding carboxylic acids is 2. The molecule has 0 spiro atoms. The SMILES string of the molecule is NCCCNCCCN1C(=O)C=CC1=O. The molecule has 15 heavy (non-hydrogen) atoms. The van der Waals surface area contributed by atoms with Gasteiger partial charge in [-0.25, -0.2) is 0 Å². The fraction of sp³-hybridized carbons (Fsp3) is 0.600. The molecule has 0 aromatic heterocycles. The van der Waals surface area contributed by atoms with Crippen molar-refractivity contribution in [2.24, 2.45) is 5.73 Å². The Balaban J connectivity index is 2.05. The Morgan fingerprint density at radius 3 is 2.33 bits per heavy atom. The Hall–Kier alpha value is -1.20. The summed E-state index contributed by atoms with van der Waals surface area (Å²) in [6, 6.07) is 0. The maximum absolute atomic E-state index is 11.1. The van der Waals surface area contributed by atoms with E-state index in [2.05, 4.69) is 5.32 Å². The van der Waals surface area contributed by atoms with Crippen molar-refractivity contribution in [1.82, 2.24) is 10.2 Å². The zero-order valence-electron chi connectivity index (χ0n) is 8.74. The topological polar surface area (TPSA) is 75.4 Å². The Morgan fingerprint density at radius 1 is 1.13 bits per heavy atom. The minimum absolute atomic E-state index is 0.207. The van der Waals surface area contributed by atoms with Gasteiger partial charge in [0.25, 0.3) is 11.8 Å². The molecule has 0 aromatic carbocycles. The average Bonchev–Trinajstić information content (AvgIpc) is 2.54. The molecule has 1 aliphatic rings. The van der Waals surface area contributed by atoms with E-state index in [1.807, 2.05) is 0 Å². The van der Waals surface area contributed by atoms with Crippen LogP contribution in [-0.4, -0.2) is 42.9 Å². The van der Waals surface area contributed by atoms with Gasteiger partial charge in [0.1, 0.15) is 0 Å². The molecule has 0 unspecified atom stereocenters. The molecule has 1 aliphatic heterocycles. The van der Waals surface area contributed by atoms with E-state index in [9.17, 15) is 9.59 Å². The van der Waals surface area contributed by atoms with E-state index in [4.69, 9.17) is 5.73 Å². The largest absolute Gasteiger partial charge is 0.330 e. The van der Waals surface area contributed by atoms with Gasteiger partial charge < -0.3 is 11.1 Å². The lowest BCUT2D eigenvalue weighted by atomic mass is 10.3. The van der Waals surface area contributed by atoms with Crippen LogP contribution in [0.2, 0.25) is 0 Å². The zero-order chi connectivity index (χ0) is 11.1. The van der Waals surface area contributed by atoms with Crippen LogP contribution in [0, 0.1) is 0 Å². The molecule has 3 N–H and O–H groups in total. The summed E-state index contributed by atoms with van der Waals surface area (Å²) in [5, 5.41) is 3.19. The first-order valence-corrected chi connectivity index (χ1v) is 5.20. The van der Waals surface area contributed by atoms with Crippen molar-refractivity contribution in [3.8, 4) is 0 Å². The molecule has 0 aromatic rings. The Bertz CT molecular complexity index is 245. The lowest BCUT2D eigenvalue weighted by molar-refractivity contribution is -0.136. The van der Waals surface area contributed by atoms with E-state index in [0.29, 0.717) is 13.1 Å². The second kappa shape index (κ2) is 6.31. The van der Waals surface area contributed by atoms with Crippen LogP contribution in [-0.2, 0) is 9.59 Å². The lowest BCUT2D eigenvalue weighted by Crippen LogP contribution is -2.32. The molecule has 5 heteroatoms. The fourth-order valence-corrected chi connectivity index (χ4v) is 1.37. The highest BCUT2D eigenvalue weighted by Gasteiger charge is 2.21. The van der Waals surface area contributed by atoms with Crippen LogP contribution >= 0.6 is 0 Å². The maximum atomic E-state index is 11.1. The second-order valence-electron chi connectivity index (χ2n) is 3.41. The molecule has 2 amide bonds. The maximum Gasteiger partial charge on any atom is 0.253 e. The smallest absolute Gasteiger partial charge is 0.253 e. The normalized spacial score (nSPS) is 15.4. The van der Waals surface area contributed by atoms with Crippen molar-refractivity contribution < 1.29 is 9.59 Å². The Labute approximate surface area is 89.3 Å². The molecule has 0 atom stereocenters. The summed E-state index contributed by atoms with van der Waals surface area (Å²) in [5.74, 6) is -0.413. The number of nitrogens with one attached hydrogen (secondary N) is 1. The van der Waals surface area contributed by atoms with Crippen molar-refractivity contribution in [2.45, 2.75) is 12.8 Å². The van der Waals surface area contributed by atoms with Crippen LogP contribution < -0.4 is 11.1 Å². The molecule has 0 saturated heterocycles. The van der Waals surface area contributed by atoms with Gasteiger partial charge >= 0.3 is 0 Å². The van der Waals surface area contributed by atoms with Crippen molar-refractivity contribution in [1.29, 1.82) is 0 Å². The summed E-state index contributed by atoms with van der Waals surface area (Å²) in [4.78, 5) is 23.5. The third-order valence-electron chi connectivity index (χ3n) is 2.19. The molecule has 0 saturated carbocycles. The van der Waals surface area contributed by atoms with E-state index < -0.39 is 0 Å². The molecule has 0 fully saturated rings. The standard InChI is InChI=1S/C10H17N3O2/c11-5-1-6-12-7-2-8-13-9(14)3-4-10(13)15/h3-4,12H,1-2,5-8,11H2. The predicted octanol–water partition coefficient (Wildman–Crippen LogP) is -0.760. The van der Waals surface area contributed by atoms with Gasteiger partial charge in [-0.3, -0.25) is 14.5 Å². The van der Waals surface area contributed by atoms with E-state index in [1.165, 1.54) is 17.1 Å². The fourth-order valence-electron chi connectivity index (χ4n) is 1.37. The second-order valence-corrected chi connectivity index (χ2v) is 3.41. The predicted molar refractivity (Wildman–Crippen MR) is 57.0 cm³/mol. The third kappa shape index (κ3) is 3.81. The minimum atomic E-state index is -0.207. The summed E-state index contributed by atoms with van der Waals surface area (Å²) < 4.78 is 0. The Morgan fingerprint density at radius 2 is 1.73 bits per heavy atom. The lowest BCUT2D eigenvalue weighted by Gasteiger charge is -2.13. The first-order chi connectivity index (χ1) is 7.25.